The molecular weight excluding hydrogens is 206 g/mol. The van der Waals surface area contributed by atoms with Gasteiger partial charge in [0.2, 0.25) is 0 Å². The summed E-state index contributed by atoms with van der Waals surface area (Å²) in [5, 5.41) is 4.08. The smallest absolute Gasteiger partial charge is 0.358 e. The molecule has 0 radical (unpaired) electrons. The lowest BCUT2D eigenvalue weighted by atomic mass is 10.2. The Bertz CT molecular complexity index is 681. The van der Waals surface area contributed by atoms with Crippen LogP contribution in [0.1, 0.15) is 10.5 Å². The highest BCUT2D eigenvalue weighted by atomic mass is 16.5. The molecule has 1 N–H and O–H groups in total. The summed E-state index contributed by atoms with van der Waals surface area (Å²) in [4.78, 5) is 15.7. The van der Waals surface area contributed by atoms with Gasteiger partial charge in [-0.15, -0.1) is 0 Å². The van der Waals surface area contributed by atoms with Crippen molar-refractivity contribution in [2.24, 2.45) is 0 Å². The zero-order valence-electron chi connectivity index (χ0n) is 8.60. The number of aromatic amines is 1. The van der Waals surface area contributed by atoms with Crippen molar-refractivity contribution < 1.29 is 9.53 Å². The minimum atomic E-state index is -0.404. The minimum absolute atomic E-state index is 0.397. The highest BCUT2D eigenvalue weighted by molar-refractivity contribution is 5.95. The molecule has 80 valence electrons. The molecule has 1 aromatic carbocycles. The number of nitrogens with one attached hydrogen (secondary N) is 1. The van der Waals surface area contributed by atoms with E-state index in [4.69, 9.17) is 0 Å². The van der Waals surface area contributed by atoms with Gasteiger partial charge in [-0.05, 0) is 12.1 Å². The van der Waals surface area contributed by atoms with Crippen LogP contribution in [-0.2, 0) is 4.74 Å². The summed E-state index contributed by atoms with van der Waals surface area (Å²) in [6.45, 7) is 0. The lowest BCUT2D eigenvalue weighted by Crippen LogP contribution is -2.05. The Balaban J connectivity index is 2.38. The average molecular weight is 215 g/mol. The van der Waals surface area contributed by atoms with Crippen molar-refractivity contribution in [3.8, 4) is 0 Å². The first kappa shape index (κ1) is 8.96. The van der Waals surface area contributed by atoms with E-state index in [0.717, 1.165) is 16.6 Å². The molecular formula is C11H9N3O2. The van der Waals surface area contributed by atoms with E-state index in [1.54, 1.807) is 4.52 Å². The van der Waals surface area contributed by atoms with Gasteiger partial charge in [-0.2, -0.15) is 0 Å². The van der Waals surface area contributed by atoms with Crippen molar-refractivity contribution in [3.63, 3.8) is 0 Å². The fourth-order valence-electron chi connectivity index (χ4n) is 1.80. The van der Waals surface area contributed by atoms with Gasteiger partial charge in [-0.25, -0.2) is 14.3 Å². The maximum Gasteiger partial charge on any atom is 0.358 e. The summed E-state index contributed by atoms with van der Waals surface area (Å²) in [6.07, 6.45) is 1.50. The van der Waals surface area contributed by atoms with Crippen LogP contribution >= 0.6 is 0 Å². The van der Waals surface area contributed by atoms with Gasteiger partial charge in [-0.3, -0.25) is 5.10 Å². The van der Waals surface area contributed by atoms with E-state index in [-0.39, 0.29) is 0 Å². The number of esters is 1. The number of carbonyl (C=O) groups excluding carboxylic acids is 1. The summed E-state index contributed by atoms with van der Waals surface area (Å²) in [7, 11) is 1.35. The molecule has 2 heterocycles. The van der Waals surface area contributed by atoms with Gasteiger partial charge in [0, 0.05) is 5.39 Å². The van der Waals surface area contributed by atoms with Crippen molar-refractivity contribution in [2.75, 3.05) is 7.11 Å². The fraction of sp³-hybridized carbons (Fsp3) is 0.0909. The van der Waals surface area contributed by atoms with Gasteiger partial charge < -0.3 is 4.74 Å². The predicted molar refractivity (Wildman–Crippen MR) is 58.4 cm³/mol. The molecule has 2 aromatic heterocycles. The molecule has 0 bridgehead atoms. The molecule has 0 aliphatic rings. The van der Waals surface area contributed by atoms with E-state index < -0.39 is 5.97 Å². The van der Waals surface area contributed by atoms with Crippen molar-refractivity contribution in [3.05, 3.63) is 36.2 Å². The number of H-pyrrole nitrogens is 1. The molecule has 0 fully saturated rings. The standard InChI is InChI=1S/C11H9N3O2/c1-16-11(15)9-6-12-10-7-4-2-3-5-8(7)13-14(9)10/h2-6,13H,1H3. The topological polar surface area (TPSA) is 59.4 Å². The van der Waals surface area contributed by atoms with Gasteiger partial charge in [0.25, 0.3) is 0 Å². The monoisotopic (exact) mass is 215 g/mol. The Labute approximate surface area is 90.6 Å². The molecule has 0 saturated heterocycles. The lowest BCUT2D eigenvalue weighted by Gasteiger charge is -1.94. The first-order valence-electron chi connectivity index (χ1n) is 4.84. The van der Waals surface area contributed by atoms with Crippen LogP contribution in [0.15, 0.2) is 30.5 Å². The highest BCUT2D eigenvalue weighted by Crippen LogP contribution is 2.19. The van der Waals surface area contributed by atoms with Gasteiger partial charge in [-0.1, -0.05) is 12.1 Å². The second kappa shape index (κ2) is 3.10. The molecule has 0 saturated carbocycles. The average Bonchev–Trinajstić information content (AvgIpc) is 2.86. The van der Waals surface area contributed by atoms with Gasteiger partial charge in [0.15, 0.2) is 11.3 Å². The summed E-state index contributed by atoms with van der Waals surface area (Å²) in [5.74, 6) is -0.404. The zero-order chi connectivity index (χ0) is 11.1. The van der Waals surface area contributed by atoms with E-state index >= 15 is 0 Å². The van der Waals surface area contributed by atoms with Gasteiger partial charge >= 0.3 is 5.97 Å². The molecule has 5 heteroatoms. The summed E-state index contributed by atoms with van der Waals surface area (Å²) in [5.41, 5.74) is 2.07. The van der Waals surface area contributed by atoms with Crippen LogP contribution in [0, 0.1) is 0 Å². The number of para-hydroxylation sites is 1. The number of aromatic nitrogens is 3. The SMILES string of the molecule is COC(=O)c1cnc2c3ccccc3[nH]n12. The van der Waals surface area contributed by atoms with Crippen LogP contribution < -0.4 is 0 Å². The van der Waals surface area contributed by atoms with Crippen LogP contribution in [0.3, 0.4) is 0 Å². The van der Waals surface area contributed by atoms with E-state index in [1.165, 1.54) is 13.3 Å². The maximum absolute atomic E-state index is 11.5. The van der Waals surface area contributed by atoms with E-state index in [9.17, 15) is 4.79 Å². The zero-order valence-corrected chi connectivity index (χ0v) is 8.60. The van der Waals surface area contributed by atoms with Crippen LogP contribution in [0.4, 0.5) is 0 Å². The number of benzene rings is 1. The number of methoxy groups -OCH3 is 1. The van der Waals surface area contributed by atoms with E-state index in [2.05, 4.69) is 14.8 Å². The maximum atomic E-state index is 11.5. The second-order valence-corrected chi connectivity index (χ2v) is 3.45. The molecule has 16 heavy (non-hydrogen) atoms. The lowest BCUT2D eigenvalue weighted by molar-refractivity contribution is 0.0591. The molecule has 3 aromatic rings. The first-order chi connectivity index (χ1) is 7.81. The minimum Gasteiger partial charge on any atom is -0.464 e. The highest BCUT2D eigenvalue weighted by Gasteiger charge is 2.15. The summed E-state index contributed by atoms with van der Waals surface area (Å²) in [6, 6.07) is 7.75. The predicted octanol–water partition coefficient (Wildman–Crippen LogP) is 1.60. The number of rotatable bonds is 1. The van der Waals surface area contributed by atoms with Crippen molar-refractivity contribution >= 4 is 22.5 Å². The molecule has 0 aliphatic carbocycles. The van der Waals surface area contributed by atoms with Crippen molar-refractivity contribution in [2.45, 2.75) is 0 Å². The molecule has 3 rings (SSSR count). The quantitative estimate of drug-likeness (QED) is 0.627. The molecule has 0 aliphatic heterocycles. The Kier molecular flexibility index (Phi) is 1.73. The van der Waals surface area contributed by atoms with Crippen LogP contribution in [-0.4, -0.2) is 27.7 Å². The fourth-order valence-corrected chi connectivity index (χ4v) is 1.80. The number of fused-ring (bicyclic) bond motifs is 3. The number of hydrogen-bond acceptors (Lipinski definition) is 3. The number of carbonyl (C=O) groups is 1. The number of nitrogens with zero attached hydrogens (tertiary/aromatic N) is 2. The molecule has 5 nitrogen and oxygen atoms in total. The molecule has 0 unspecified atom stereocenters. The third kappa shape index (κ3) is 1.05. The largest absolute Gasteiger partial charge is 0.464 e. The van der Waals surface area contributed by atoms with E-state index in [0.29, 0.717) is 5.69 Å². The summed E-state index contributed by atoms with van der Waals surface area (Å²) >= 11 is 0. The molecule has 0 amide bonds. The second-order valence-electron chi connectivity index (χ2n) is 3.45. The Hall–Kier alpha value is -2.30. The van der Waals surface area contributed by atoms with Gasteiger partial charge in [0.05, 0.1) is 18.8 Å². The number of hydrogen-bond donors (Lipinski definition) is 1. The third-order valence-electron chi connectivity index (χ3n) is 2.56. The normalized spacial score (nSPS) is 11.1. The van der Waals surface area contributed by atoms with Crippen LogP contribution in [0.25, 0.3) is 16.6 Å². The number of ether oxygens (including phenoxy) is 1. The number of imidazole rings is 1. The first-order valence-corrected chi connectivity index (χ1v) is 4.84. The molecule has 0 atom stereocenters. The molecule has 0 spiro atoms. The Morgan fingerprint density at radius 3 is 3.06 bits per heavy atom. The van der Waals surface area contributed by atoms with Crippen molar-refractivity contribution in [1.29, 1.82) is 0 Å². The van der Waals surface area contributed by atoms with Crippen LogP contribution in [0.5, 0.6) is 0 Å². The van der Waals surface area contributed by atoms with E-state index in [1.807, 2.05) is 24.3 Å². The third-order valence-corrected chi connectivity index (χ3v) is 2.56. The van der Waals surface area contributed by atoms with Gasteiger partial charge in [0.1, 0.15) is 0 Å². The van der Waals surface area contributed by atoms with Crippen molar-refractivity contribution in [1.82, 2.24) is 14.6 Å². The Morgan fingerprint density at radius 1 is 1.44 bits per heavy atom. The van der Waals surface area contributed by atoms with Crippen LogP contribution in [0.2, 0.25) is 0 Å². The Morgan fingerprint density at radius 2 is 2.25 bits per heavy atom. The summed E-state index contributed by atoms with van der Waals surface area (Å²) < 4.78 is 6.31.